The van der Waals surface area contributed by atoms with E-state index in [1.807, 2.05) is 6.08 Å². The molecule has 1 heteroatoms. The predicted molar refractivity (Wildman–Crippen MR) is 90.5 cm³/mol. The smallest absolute Gasteiger partial charge is 0.155 e. The molecule has 0 N–H and O–H groups in total. The van der Waals surface area contributed by atoms with E-state index in [-0.39, 0.29) is 0 Å². The second kappa shape index (κ2) is 4.82. The van der Waals surface area contributed by atoms with Crippen LogP contribution in [0.3, 0.4) is 0 Å². The van der Waals surface area contributed by atoms with Crippen LogP contribution in [0.2, 0.25) is 0 Å². The molecule has 4 rings (SSSR count). The van der Waals surface area contributed by atoms with Gasteiger partial charge in [-0.3, -0.25) is 4.79 Å². The maximum absolute atomic E-state index is 11.9. The van der Waals surface area contributed by atoms with Crippen molar-refractivity contribution < 1.29 is 4.79 Å². The summed E-state index contributed by atoms with van der Waals surface area (Å²) in [5.74, 6) is 3.00. The van der Waals surface area contributed by atoms with E-state index in [4.69, 9.17) is 0 Å². The molecule has 1 nitrogen and oxygen atoms in total. The minimum atomic E-state index is 0.330. The van der Waals surface area contributed by atoms with Gasteiger partial charge in [0.15, 0.2) is 5.78 Å². The number of hydrogen-bond donors (Lipinski definition) is 0. The van der Waals surface area contributed by atoms with Crippen LogP contribution in [0.25, 0.3) is 0 Å². The summed E-state index contributed by atoms with van der Waals surface area (Å²) in [5.41, 5.74) is 4.05. The molecule has 22 heavy (non-hydrogen) atoms. The summed E-state index contributed by atoms with van der Waals surface area (Å²) in [6, 6.07) is 0. The molecule has 3 saturated carbocycles. The fourth-order valence-electron chi connectivity index (χ4n) is 6.88. The Balaban J connectivity index is 1.70. The number of fused-ring (bicyclic) bond motifs is 5. The minimum absolute atomic E-state index is 0.330. The van der Waals surface area contributed by atoms with Crippen LogP contribution in [-0.4, -0.2) is 5.78 Å². The van der Waals surface area contributed by atoms with Crippen LogP contribution < -0.4 is 0 Å². The van der Waals surface area contributed by atoms with Gasteiger partial charge in [0.2, 0.25) is 0 Å². The number of allylic oxidation sites excluding steroid dienone is 3. The highest BCUT2D eigenvalue weighted by Gasteiger charge is 2.57. The highest BCUT2D eigenvalue weighted by molar-refractivity contribution is 5.91. The first kappa shape index (κ1) is 14.7. The van der Waals surface area contributed by atoms with Gasteiger partial charge in [0.25, 0.3) is 0 Å². The lowest BCUT2D eigenvalue weighted by Gasteiger charge is -2.57. The van der Waals surface area contributed by atoms with Gasteiger partial charge in [-0.2, -0.15) is 0 Å². The average Bonchev–Trinajstić information content (AvgIpc) is 2.84. The first-order chi connectivity index (χ1) is 10.5. The molecule has 120 valence electrons. The Labute approximate surface area is 135 Å². The van der Waals surface area contributed by atoms with Crippen molar-refractivity contribution in [2.45, 2.75) is 72.1 Å². The van der Waals surface area contributed by atoms with E-state index >= 15 is 0 Å². The summed E-state index contributed by atoms with van der Waals surface area (Å²) in [6.07, 6.45) is 14.3. The Kier molecular flexibility index (Phi) is 3.23. The van der Waals surface area contributed by atoms with Crippen molar-refractivity contribution in [3.05, 3.63) is 23.3 Å². The molecule has 4 aliphatic rings. The molecule has 0 aromatic heterocycles. The van der Waals surface area contributed by atoms with Gasteiger partial charge in [0, 0.05) is 6.42 Å². The normalized spacial score (nSPS) is 49.4. The summed E-state index contributed by atoms with van der Waals surface area (Å²) >= 11 is 0. The lowest BCUT2D eigenvalue weighted by Crippen LogP contribution is -2.49. The van der Waals surface area contributed by atoms with E-state index in [1.54, 1.807) is 5.57 Å². The van der Waals surface area contributed by atoms with Gasteiger partial charge in [-0.25, -0.2) is 0 Å². The van der Waals surface area contributed by atoms with Crippen molar-refractivity contribution in [1.29, 1.82) is 0 Å². The quantitative estimate of drug-likeness (QED) is 0.542. The third-order valence-corrected chi connectivity index (χ3v) is 8.16. The molecule has 0 aromatic rings. The van der Waals surface area contributed by atoms with Gasteiger partial charge in [-0.1, -0.05) is 31.1 Å². The molecular formula is C21H30O. The Hall–Kier alpha value is -0.850. The first-order valence-corrected chi connectivity index (χ1v) is 9.38. The molecule has 0 bridgehead atoms. The zero-order chi connectivity index (χ0) is 15.5. The second-order valence-corrected chi connectivity index (χ2v) is 8.78. The summed E-state index contributed by atoms with van der Waals surface area (Å²) in [4.78, 5) is 11.9. The van der Waals surface area contributed by atoms with E-state index in [0.29, 0.717) is 16.6 Å². The number of carbonyl (C=O) groups is 1. The number of hydrogen-bond acceptors (Lipinski definition) is 1. The molecule has 4 aliphatic carbocycles. The maximum atomic E-state index is 11.9. The minimum Gasteiger partial charge on any atom is -0.295 e. The molecule has 0 aliphatic heterocycles. The summed E-state index contributed by atoms with van der Waals surface area (Å²) in [7, 11) is 0. The van der Waals surface area contributed by atoms with Crippen molar-refractivity contribution in [3.8, 4) is 0 Å². The molecular weight excluding hydrogens is 268 g/mol. The van der Waals surface area contributed by atoms with Crippen LogP contribution in [0.15, 0.2) is 23.3 Å². The first-order valence-electron chi connectivity index (χ1n) is 9.38. The van der Waals surface area contributed by atoms with E-state index in [9.17, 15) is 4.79 Å². The zero-order valence-electron chi connectivity index (χ0n) is 14.5. The largest absolute Gasteiger partial charge is 0.295 e. The van der Waals surface area contributed by atoms with E-state index < -0.39 is 0 Å². The van der Waals surface area contributed by atoms with Crippen LogP contribution in [0.5, 0.6) is 0 Å². The Morgan fingerprint density at radius 2 is 1.77 bits per heavy atom. The lowest BCUT2D eigenvalue weighted by molar-refractivity contribution is -0.117. The van der Waals surface area contributed by atoms with Crippen LogP contribution in [0, 0.1) is 28.6 Å². The summed E-state index contributed by atoms with van der Waals surface area (Å²) < 4.78 is 0. The van der Waals surface area contributed by atoms with Crippen LogP contribution in [0.4, 0.5) is 0 Å². The topological polar surface area (TPSA) is 17.1 Å². The molecule has 5 atom stereocenters. The van der Waals surface area contributed by atoms with Gasteiger partial charge < -0.3 is 0 Å². The number of ketones is 1. The van der Waals surface area contributed by atoms with Crippen LogP contribution >= 0.6 is 0 Å². The van der Waals surface area contributed by atoms with Crippen LogP contribution in [-0.2, 0) is 4.79 Å². The van der Waals surface area contributed by atoms with Gasteiger partial charge in [-0.05, 0) is 86.5 Å². The van der Waals surface area contributed by atoms with Crippen molar-refractivity contribution in [1.82, 2.24) is 0 Å². The fourth-order valence-corrected chi connectivity index (χ4v) is 6.88. The third-order valence-electron chi connectivity index (χ3n) is 8.16. The summed E-state index contributed by atoms with van der Waals surface area (Å²) in [5, 5.41) is 0. The molecule has 0 spiro atoms. The van der Waals surface area contributed by atoms with E-state index in [2.05, 4.69) is 26.8 Å². The third kappa shape index (κ3) is 1.80. The van der Waals surface area contributed by atoms with Gasteiger partial charge in [-0.15, -0.1) is 0 Å². The van der Waals surface area contributed by atoms with Crippen molar-refractivity contribution in [3.63, 3.8) is 0 Å². The van der Waals surface area contributed by atoms with Crippen molar-refractivity contribution in [2.24, 2.45) is 28.6 Å². The van der Waals surface area contributed by atoms with E-state index in [0.717, 1.165) is 30.6 Å². The van der Waals surface area contributed by atoms with Crippen molar-refractivity contribution in [2.75, 3.05) is 0 Å². The molecule has 3 fully saturated rings. The molecule has 0 saturated heterocycles. The second-order valence-electron chi connectivity index (χ2n) is 8.78. The SMILES string of the molecule is C/C=C1/CCC2C3CCC4=CC(=O)CCC4(C)C3CC[C@]12C. The summed E-state index contributed by atoms with van der Waals surface area (Å²) in [6.45, 7) is 7.27. The molecule has 4 unspecified atom stereocenters. The standard InChI is InChI=1S/C21H30O/c1-4-14-6-8-18-17-7-5-15-13-16(22)9-11-21(15,3)19(17)10-12-20(14,18)2/h4,13,17-19H,5-12H2,1-3H3/b14-4-/t17?,18?,19?,20-,21?/m1/s1. The highest BCUT2D eigenvalue weighted by Crippen LogP contribution is 2.66. The van der Waals surface area contributed by atoms with E-state index in [1.165, 1.54) is 44.1 Å². The van der Waals surface area contributed by atoms with Crippen molar-refractivity contribution >= 4 is 5.78 Å². The molecule has 0 heterocycles. The van der Waals surface area contributed by atoms with Gasteiger partial charge >= 0.3 is 0 Å². The molecule has 0 radical (unpaired) electrons. The van der Waals surface area contributed by atoms with Crippen LogP contribution in [0.1, 0.15) is 72.1 Å². The zero-order valence-corrected chi connectivity index (χ0v) is 14.5. The average molecular weight is 298 g/mol. The number of carbonyl (C=O) groups excluding carboxylic acids is 1. The molecule has 0 aromatic carbocycles. The number of rotatable bonds is 0. The lowest BCUT2D eigenvalue weighted by atomic mass is 9.47. The molecule has 0 amide bonds. The Morgan fingerprint density at radius 1 is 1.00 bits per heavy atom. The highest BCUT2D eigenvalue weighted by atomic mass is 16.1. The van der Waals surface area contributed by atoms with Gasteiger partial charge in [0.1, 0.15) is 0 Å². The predicted octanol–water partition coefficient (Wildman–Crippen LogP) is 5.46. The Morgan fingerprint density at radius 3 is 2.55 bits per heavy atom. The van der Waals surface area contributed by atoms with Gasteiger partial charge in [0.05, 0.1) is 0 Å². The maximum Gasteiger partial charge on any atom is 0.155 e. The fraction of sp³-hybridized carbons (Fsp3) is 0.762. The Bertz CT molecular complexity index is 568. The monoisotopic (exact) mass is 298 g/mol.